The van der Waals surface area contributed by atoms with Crippen LogP contribution in [0.3, 0.4) is 0 Å². The Morgan fingerprint density at radius 1 is 1.50 bits per heavy atom. The van der Waals surface area contributed by atoms with E-state index in [0.717, 1.165) is 0 Å². The molecule has 110 valence electrons. The Hall–Kier alpha value is -1.30. The Labute approximate surface area is 123 Å². The number of nitrogens with two attached hydrogens (primary N) is 1. The molecule has 1 saturated heterocycles. The predicted molar refractivity (Wildman–Crippen MR) is 77.8 cm³/mol. The third kappa shape index (κ3) is 3.42. The van der Waals surface area contributed by atoms with E-state index < -0.39 is 5.60 Å². The molecule has 1 aromatic carbocycles. The minimum atomic E-state index is -0.893. The highest BCUT2D eigenvalue weighted by Gasteiger charge is 2.32. The van der Waals surface area contributed by atoms with Crippen LogP contribution in [0.1, 0.15) is 23.2 Å². The van der Waals surface area contributed by atoms with E-state index in [-0.39, 0.29) is 12.5 Å². The van der Waals surface area contributed by atoms with Crippen molar-refractivity contribution in [3.8, 4) is 0 Å². The third-order valence-corrected chi connectivity index (χ3v) is 3.85. The van der Waals surface area contributed by atoms with E-state index in [2.05, 4.69) is 0 Å². The van der Waals surface area contributed by atoms with Crippen LogP contribution in [0.15, 0.2) is 18.2 Å². The van der Waals surface area contributed by atoms with Crippen LogP contribution in [-0.2, 0) is 4.74 Å². The van der Waals surface area contributed by atoms with Crippen molar-refractivity contribution >= 4 is 23.2 Å². The van der Waals surface area contributed by atoms with Crippen molar-refractivity contribution in [1.29, 1.82) is 0 Å². The van der Waals surface area contributed by atoms with Gasteiger partial charge in [0.05, 0.1) is 16.2 Å². The minimum Gasteiger partial charge on any atom is -0.399 e. The number of nitrogen functional groups attached to an aromatic ring is 1. The lowest BCUT2D eigenvalue weighted by molar-refractivity contribution is -0.0734. The number of carbonyl (C=O) groups is 1. The molecule has 1 aliphatic heterocycles. The Morgan fingerprint density at radius 3 is 2.80 bits per heavy atom. The number of hydrogen-bond acceptors (Lipinski definition) is 4. The van der Waals surface area contributed by atoms with Crippen LogP contribution in [0, 0.1) is 0 Å². The summed E-state index contributed by atoms with van der Waals surface area (Å²) in [5.74, 6) is -0.248. The monoisotopic (exact) mass is 298 g/mol. The van der Waals surface area contributed by atoms with Crippen LogP contribution >= 0.6 is 11.6 Å². The van der Waals surface area contributed by atoms with Gasteiger partial charge in [0.15, 0.2) is 0 Å². The van der Waals surface area contributed by atoms with E-state index in [0.29, 0.717) is 42.3 Å². The third-order valence-electron chi connectivity index (χ3n) is 3.52. The zero-order chi connectivity index (χ0) is 14.8. The molecule has 6 heteroatoms. The zero-order valence-corrected chi connectivity index (χ0v) is 12.2. The molecule has 1 aromatic rings. The van der Waals surface area contributed by atoms with E-state index in [9.17, 15) is 9.90 Å². The summed E-state index contributed by atoms with van der Waals surface area (Å²) in [5, 5.41) is 10.8. The van der Waals surface area contributed by atoms with E-state index in [1.54, 1.807) is 25.2 Å². The Bertz CT molecular complexity index is 501. The van der Waals surface area contributed by atoms with E-state index >= 15 is 0 Å². The van der Waals surface area contributed by atoms with Crippen LogP contribution in [0.4, 0.5) is 5.69 Å². The molecule has 5 nitrogen and oxygen atoms in total. The number of amides is 1. The lowest BCUT2D eigenvalue weighted by Gasteiger charge is -2.35. The van der Waals surface area contributed by atoms with Gasteiger partial charge in [-0.3, -0.25) is 4.79 Å². The van der Waals surface area contributed by atoms with E-state index in [1.807, 2.05) is 0 Å². The lowest BCUT2D eigenvalue weighted by atomic mass is 9.93. The van der Waals surface area contributed by atoms with Gasteiger partial charge in [-0.1, -0.05) is 11.6 Å². The standard InChI is InChI=1S/C14H19ClN2O3/c1-17(9-14(19)4-6-20-7-5-14)13(18)11-8-10(16)2-3-12(11)15/h2-3,8,19H,4-7,9,16H2,1H3. The van der Waals surface area contributed by atoms with Crippen molar-refractivity contribution in [2.75, 3.05) is 32.5 Å². The molecule has 0 radical (unpaired) electrons. The highest BCUT2D eigenvalue weighted by molar-refractivity contribution is 6.33. The van der Waals surface area contributed by atoms with Crippen molar-refractivity contribution in [1.82, 2.24) is 4.90 Å². The fourth-order valence-corrected chi connectivity index (χ4v) is 2.53. The van der Waals surface area contributed by atoms with Gasteiger partial charge >= 0.3 is 0 Å². The highest BCUT2D eigenvalue weighted by Crippen LogP contribution is 2.24. The number of carbonyl (C=O) groups excluding carboxylic acids is 1. The van der Waals surface area contributed by atoms with Crippen molar-refractivity contribution in [3.05, 3.63) is 28.8 Å². The normalized spacial score (nSPS) is 17.8. The molecule has 1 heterocycles. The first-order valence-electron chi connectivity index (χ1n) is 6.52. The molecule has 0 aromatic heterocycles. The summed E-state index contributed by atoms with van der Waals surface area (Å²) >= 11 is 6.03. The van der Waals surface area contributed by atoms with Crippen molar-refractivity contribution < 1.29 is 14.6 Å². The van der Waals surface area contributed by atoms with Crippen LogP contribution < -0.4 is 5.73 Å². The zero-order valence-electron chi connectivity index (χ0n) is 11.4. The van der Waals surface area contributed by atoms with E-state index in [1.165, 1.54) is 4.90 Å². The second-order valence-corrected chi connectivity index (χ2v) is 5.64. The number of rotatable bonds is 3. The first-order chi connectivity index (χ1) is 9.41. The molecule has 0 unspecified atom stereocenters. The SMILES string of the molecule is CN(CC1(O)CCOCC1)C(=O)c1cc(N)ccc1Cl. The van der Waals surface area contributed by atoms with Gasteiger partial charge in [-0.15, -0.1) is 0 Å². The number of benzene rings is 1. The molecule has 1 fully saturated rings. The first kappa shape index (κ1) is 15.1. The maximum atomic E-state index is 12.4. The Kier molecular flexibility index (Phi) is 4.52. The summed E-state index contributed by atoms with van der Waals surface area (Å²) < 4.78 is 5.23. The Balaban J connectivity index is 2.10. The topological polar surface area (TPSA) is 75.8 Å². The largest absolute Gasteiger partial charge is 0.399 e. The maximum Gasteiger partial charge on any atom is 0.255 e. The summed E-state index contributed by atoms with van der Waals surface area (Å²) in [5.41, 5.74) is 5.62. The number of aliphatic hydroxyl groups is 1. The maximum absolute atomic E-state index is 12.4. The molecule has 2 rings (SSSR count). The Morgan fingerprint density at radius 2 is 2.15 bits per heavy atom. The molecule has 1 amide bonds. The number of nitrogens with zero attached hydrogens (tertiary/aromatic N) is 1. The summed E-state index contributed by atoms with van der Waals surface area (Å²) in [6.45, 7) is 1.27. The second-order valence-electron chi connectivity index (χ2n) is 5.24. The number of ether oxygens (including phenoxy) is 1. The van der Waals surface area contributed by atoms with Crippen molar-refractivity contribution in [2.24, 2.45) is 0 Å². The molecule has 0 atom stereocenters. The van der Waals surface area contributed by atoms with Crippen molar-refractivity contribution in [2.45, 2.75) is 18.4 Å². The lowest BCUT2D eigenvalue weighted by Crippen LogP contribution is -2.47. The van der Waals surface area contributed by atoms with Gasteiger partial charge in [0.1, 0.15) is 0 Å². The van der Waals surface area contributed by atoms with Gasteiger partial charge in [0, 0.05) is 45.3 Å². The fraction of sp³-hybridized carbons (Fsp3) is 0.500. The average molecular weight is 299 g/mol. The first-order valence-corrected chi connectivity index (χ1v) is 6.90. The smallest absolute Gasteiger partial charge is 0.255 e. The molecule has 0 aliphatic carbocycles. The average Bonchev–Trinajstić information content (AvgIpc) is 2.41. The predicted octanol–water partition coefficient (Wildman–Crippen LogP) is 1.54. The minimum absolute atomic E-state index is 0.248. The van der Waals surface area contributed by atoms with E-state index in [4.69, 9.17) is 22.1 Å². The van der Waals surface area contributed by atoms with Gasteiger partial charge in [-0.2, -0.15) is 0 Å². The van der Waals surface area contributed by atoms with Gasteiger partial charge in [0.2, 0.25) is 0 Å². The van der Waals surface area contributed by atoms with Crippen LogP contribution in [-0.4, -0.2) is 48.3 Å². The fourth-order valence-electron chi connectivity index (χ4n) is 2.34. The van der Waals surface area contributed by atoms with Gasteiger partial charge in [-0.05, 0) is 18.2 Å². The summed E-state index contributed by atoms with van der Waals surface area (Å²) in [4.78, 5) is 13.9. The number of anilines is 1. The van der Waals surface area contributed by atoms with Gasteiger partial charge in [-0.25, -0.2) is 0 Å². The van der Waals surface area contributed by atoms with Crippen LogP contribution in [0.2, 0.25) is 5.02 Å². The molecule has 20 heavy (non-hydrogen) atoms. The molecule has 0 bridgehead atoms. The molecule has 0 saturated carbocycles. The summed E-state index contributed by atoms with van der Waals surface area (Å²) in [6.07, 6.45) is 1.05. The van der Waals surface area contributed by atoms with Gasteiger partial charge < -0.3 is 20.5 Å². The van der Waals surface area contributed by atoms with Crippen LogP contribution in [0.5, 0.6) is 0 Å². The summed E-state index contributed by atoms with van der Waals surface area (Å²) in [7, 11) is 1.65. The quantitative estimate of drug-likeness (QED) is 0.830. The molecule has 3 N–H and O–H groups in total. The highest BCUT2D eigenvalue weighted by atomic mass is 35.5. The molecular weight excluding hydrogens is 280 g/mol. The molecular formula is C14H19ClN2O3. The van der Waals surface area contributed by atoms with Crippen molar-refractivity contribution in [3.63, 3.8) is 0 Å². The molecule has 0 spiro atoms. The molecule has 1 aliphatic rings. The van der Waals surface area contributed by atoms with Gasteiger partial charge in [0.25, 0.3) is 5.91 Å². The van der Waals surface area contributed by atoms with Crippen LogP contribution in [0.25, 0.3) is 0 Å². The second kappa shape index (κ2) is 5.99. The number of halogens is 1. The number of likely N-dealkylation sites (N-methyl/N-ethyl adjacent to an activating group) is 1. The summed E-state index contributed by atoms with van der Waals surface area (Å²) in [6, 6.07) is 4.79. The number of hydrogen-bond donors (Lipinski definition) is 2.